The van der Waals surface area contributed by atoms with Crippen molar-refractivity contribution < 1.29 is 4.74 Å². The van der Waals surface area contributed by atoms with E-state index < -0.39 is 0 Å². The maximum absolute atomic E-state index is 9.05. The number of nitrogens with zero attached hydrogens (tertiary/aromatic N) is 6. The second-order valence-electron chi connectivity index (χ2n) is 10.1. The summed E-state index contributed by atoms with van der Waals surface area (Å²) >= 11 is 0. The van der Waals surface area contributed by atoms with Gasteiger partial charge in [0.1, 0.15) is 11.6 Å². The number of anilines is 3. The molecule has 6 rings (SSSR count). The van der Waals surface area contributed by atoms with E-state index in [1.54, 1.807) is 13.3 Å². The van der Waals surface area contributed by atoms with E-state index in [2.05, 4.69) is 42.9 Å². The molecule has 0 spiro atoms. The summed E-state index contributed by atoms with van der Waals surface area (Å²) in [7, 11) is 1.64. The highest BCUT2D eigenvalue weighted by atomic mass is 16.5. The number of nitriles is 1. The van der Waals surface area contributed by atoms with Crippen LogP contribution < -0.4 is 15.4 Å². The quantitative estimate of drug-likeness (QED) is 0.307. The summed E-state index contributed by atoms with van der Waals surface area (Å²) in [6.45, 7) is 2.83. The highest BCUT2D eigenvalue weighted by Gasteiger charge is 2.40. The molecule has 0 saturated carbocycles. The maximum atomic E-state index is 9.05. The minimum absolute atomic E-state index is 0.287. The van der Waals surface area contributed by atoms with Crippen LogP contribution in [0, 0.1) is 18.3 Å². The van der Waals surface area contributed by atoms with Crippen LogP contribution in [-0.4, -0.2) is 61.8 Å². The van der Waals surface area contributed by atoms with Gasteiger partial charge in [0.15, 0.2) is 5.82 Å². The first kappa shape index (κ1) is 24.1. The van der Waals surface area contributed by atoms with E-state index in [-0.39, 0.29) is 6.04 Å². The lowest BCUT2D eigenvalue weighted by molar-refractivity contribution is 0.135. The fourth-order valence-corrected chi connectivity index (χ4v) is 5.88. The lowest BCUT2D eigenvalue weighted by Gasteiger charge is -2.38. The van der Waals surface area contributed by atoms with E-state index in [9.17, 15) is 0 Å². The Morgan fingerprint density at radius 3 is 2.68 bits per heavy atom. The van der Waals surface area contributed by atoms with Crippen molar-refractivity contribution in [2.75, 3.05) is 24.3 Å². The highest BCUT2D eigenvalue weighted by Crippen LogP contribution is 2.37. The minimum Gasteiger partial charge on any atom is -0.495 e. The lowest BCUT2D eigenvalue weighted by atomic mass is 9.97. The van der Waals surface area contributed by atoms with Crippen LogP contribution in [0.15, 0.2) is 42.7 Å². The van der Waals surface area contributed by atoms with Gasteiger partial charge in [-0.05, 0) is 56.4 Å². The summed E-state index contributed by atoms with van der Waals surface area (Å²) in [5, 5.41) is 24.3. The molecule has 194 valence electrons. The van der Waals surface area contributed by atoms with Crippen molar-refractivity contribution in [3.63, 3.8) is 0 Å². The molecule has 38 heavy (non-hydrogen) atoms. The molecule has 10 heteroatoms. The summed E-state index contributed by atoms with van der Waals surface area (Å²) in [6, 6.07) is 13.7. The first-order chi connectivity index (χ1) is 18.6. The summed E-state index contributed by atoms with van der Waals surface area (Å²) in [5.74, 6) is 2.72. The summed E-state index contributed by atoms with van der Waals surface area (Å²) < 4.78 is 5.37. The molecule has 0 aliphatic carbocycles. The zero-order valence-electron chi connectivity index (χ0n) is 21.6. The molecule has 2 saturated heterocycles. The topological polar surface area (TPSA) is 128 Å². The van der Waals surface area contributed by atoms with Crippen molar-refractivity contribution in [3.8, 4) is 22.9 Å². The molecule has 2 aliphatic heterocycles. The number of H-pyrrole nitrogens is 1. The number of nitrogens with one attached hydrogen (secondary N) is 3. The number of piperidine rings is 1. The molecular formula is C28H31N9O. The van der Waals surface area contributed by atoms with Crippen LogP contribution in [0.3, 0.4) is 0 Å². The molecule has 2 fully saturated rings. The molecule has 2 bridgehead atoms. The predicted octanol–water partition coefficient (Wildman–Crippen LogP) is 4.80. The van der Waals surface area contributed by atoms with Crippen molar-refractivity contribution in [1.82, 2.24) is 30.0 Å². The van der Waals surface area contributed by atoms with Crippen LogP contribution >= 0.6 is 0 Å². The molecule has 4 aromatic rings. The average Bonchev–Trinajstić information content (AvgIpc) is 3.45. The number of aromatic nitrogens is 5. The van der Waals surface area contributed by atoms with E-state index in [0.29, 0.717) is 41.8 Å². The molecule has 10 nitrogen and oxygen atoms in total. The van der Waals surface area contributed by atoms with Gasteiger partial charge in [-0.25, -0.2) is 4.98 Å². The Morgan fingerprint density at radius 2 is 1.95 bits per heavy atom. The van der Waals surface area contributed by atoms with Crippen LogP contribution in [0.4, 0.5) is 17.6 Å². The summed E-state index contributed by atoms with van der Waals surface area (Å²) in [6.07, 6.45) is 8.55. The summed E-state index contributed by atoms with van der Waals surface area (Å²) in [5.41, 5.74) is 3.75. The van der Waals surface area contributed by atoms with Crippen molar-refractivity contribution >= 4 is 28.5 Å². The van der Waals surface area contributed by atoms with Gasteiger partial charge < -0.3 is 15.4 Å². The second kappa shape index (κ2) is 10.3. The molecule has 2 aliphatic rings. The van der Waals surface area contributed by atoms with Crippen LogP contribution in [0.1, 0.15) is 37.8 Å². The molecule has 0 amide bonds. The molecule has 3 N–H and O–H groups in total. The van der Waals surface area contributed by atoms with Gasteiger partial charge in [-0.15, -0.1) is 0 Å². The smallest absolute Gasteiger partial charge is 0.225 e. The number of methoxy groups -OCH3 is 1. The Bertz CT molecular complexity index is 1480. The number of pyridine rings is 1. The zero-order chi connectivity index (χ0) is 26.1. The van der Waals surface area contributed by atoms with E-state index >= 15 is 0 Å². The van der Waals surface area contributed by atoms with Gasteiger partial charge in [-0.1, -0.05) is 6.07 Å². The molecule has 3 aromatic heterocycles. The Balaban J connectivity index is 1.32. The van der Waals surface area contributed by atoms with Gasteiger partial charge >= 0.3 is 0 Å². The van der Waals surface area contributed by atoms with Crippen LogP contribution in [0.25, 0.3) is 22.0 Å². The third-order valence-electron chi connectivity index (χ3n) is 7.63. The van der Waals surface area contributed by atoms with Crippen molar-refractivity contribution in [3.05, 3.63) is 48.4 Å². The number of benzene rings is 1. The van der Waals surface area contributed by atoms with Gasteiger partial charge in [0.25, 0.3) is 0 Å². The van der Waals surface area contributed by atoms with Gasteiger partial charge in [-0.2, -0.15) is 15.3 Å². The average molecular weight is 510 g/mol. The van der Waals surface area contributed by atoms with Gasteiger partial charge in [0, 0.05) is 60.0 Å². The number of fused-ring (bicyclic) bond motifs is 3. The van der Waals surface area contributed by atoms with Crippen molar-refractivity contribution in [2.45, 2.75) is 57.2 Å². The molecule has 5 heterocycles. The zero-order valence-corrected chi connectivity index (χ0v) is 21.6. The van der Waals surface area contributed by atoms with Crippen LogP contribution in [0.5, 0.6) is 5.75 Å². The summed E-state index contributed by atoms with van der Waals surface area (Å²) in [4.78, 5) is 16.7. The third-order valence-corrected chi connectivity index (χ3v) is 7.63. The van der Waals surface area contributed by atoms with Gasteiger partial charge in [0.2, 0.25) is 5.95 Å². The van der Waals surface area contributed by atoms with Crippen molar-refractivity contribution in [1.29, 1.82) is 5.26 Å². The Kier molecular flexibility index (Phi) is 6.52. The first-order valence-corrected chi connectivity index (χ1v) is 13.1. The van der Waals surface area contributed by atoms with Gasteiger partial charge in [0.05, 0.1) is 24.9 Å². The number of aromatic amines is 1. The standard InChI is InChI=1S/C28H31N9O/c1-17-10-26(36-35-17)33-27-24-7-4-18(19-11-23(38-2)16-30-15-19)12-25(24)32-28(34-27)31-20-13-21-5-6-22(14-20)37(21)9-3-8-29/h4,7,10-12,15-16,20-22H,3,5-6,9,13-14H2,1-2H3,(H3,31,32,33,34,35,36). The number of hydrogen-bond donors (Lipinski definition) is 3. The van der Waals surface area contributed by atoms with E-state index in [4.69, 9.17) is 20.0 Å². The SMILES string of the molecule is COc1cncc(-c2ccc3c(Nc4cc(C)[nH]n4)nc(NC4CC5CCC(C4)N5CCC#N)nc3c2)c1. The Labute approximate surface area is 221 Å². The van der Waals surface area contributed by atoms with Crippen LogP contribution in [-0.2, 0) is 0 Å². The van der Waals surface area contributed by atoms with E-state index in [1.807, 2.05) is 37.4 Å². The van der Waals surface area contributed by atoms with E-state index in [1.165, 1.54) is 12.8 Å². The third kappa shape index (κ3) is 4.85. The number of hydrogen-bond acceptors (Lipinski definition) is 9. The number of ether oxygens (including phenoxy) is 1. The Hall–Kier alpha value is -4.23. The lowest BCUT2D eigenvalue weighted by Crippen LogP contribution is -2.47. The highest BCUT2D eigenvalue weighted by molar-refractivity contribution is 5.94. The molecule has 2 atom stereocenters. The second-order valence-corrected chi connectivity index (χ2v) is 10.1. The van der Waals surface area contributed by atoms with E-state index in [0.717, 1.165) is 47.1 Å². The minimum atomic E-state index is 0.287. The first-order valence-electron chi connectivity index (χ1n) is 13.1. The largest absolute Gasteiger partial charge is 0.495 e. The number of aryl methyl sites for hydroxylation is 1. The molecule has 0 radical (unpaired) electrons. The Morgan fingerprint density at radius 1 is 1.11 bits per heavy atom. The predicted molar refractivity (Wildman–Crippen MR) is 146 cm³/mol. The van der Waals surface area contributed by atoms with Crippen molar-refractivity contribution in [2.24, 2.45) is 0 Å². The monoisotopic (exact) mass is 509 g/mol. The van der Waals surface area contributed by atoms with Crippen LogP contribution in [0.2, 0.25) is 0 Å². The maximum Gasteiger partial charge on any atom is 0.225 e. The fourth-order valence-electron chi connectivity index (χ4n) is 5.88. The van der Waals surface area contributed by atoms with Gasteiger partial charge in [-0.3, -0.25) is 15.0 Å². The fraction of sp³-hybridized carbons (Fsp3) is 0.393. The number of rotatable bonds is 8. The normalized spacial score (nSPS) is 20.8. The molecule has 1 aromatic carbocycles. The molecular weight excluding hydrogens is 478 g/mol. The molecule has 2 unspecified atom stereocenters.